The molecule has 2 heterocycles. The molecule has 0 fully saturated rings. The highest BCUT2D eigenvalue weighted by Crippen LogP contribution is 2.47. The van der Waals surface area contributed by atoms with Crippen LogP contribution in [0.15, 0.2) is 42.5 Å². The van der Waals surface area contributed by atoms with Gasteiger partial charge in [0.15, 0.2) is 0 Å². The van der Waals surface area contributed by atoms with Crippen molar-refractivity contribution in [3.8, 4) is 0 Å². The Kier molecular flexibility index (Phi) is 2.58. The summed E-state index contributed by atoms with van der Waals surface area (Å²) in [5, 5.41) is 5.45. The summed E-state index contributed by atoms with van der Waals surface area (Å²) < 4.78 is 0. The summed E-state index contributed by atoms with van der Waals surface area (Å²) in [6.07, 6.45) is 1.12. The van der Waals surface area contributed by atoms with Gasteiger partial charge in [0.1, 0.15) is 0 Å². The molecule has 1 N–H and O–H groups in total. The lowest BCUT2D eigenvalue weighted by molar-refractivity contribution is 0.389. The van der Waals surface area contributed by atoms with Gasteiger partial charge in [-0.2, -0.15) is 0 Å². The summed E-state index contributed by atoms with van der Waals surface area (Å²) in [4.78, 5) is 0. The van der Waals surface area contributed by atoms with E-state index in [4.69, 9.17) is 0 Å². The second-order valence-corrected chi connectivity index (χ2v) is 12.8. The second-order valence-electron chi connectivity index (χ2n) is 7.74. The van der Waals surface area contributed by atoms with Gasteiger partial charge in [0.2, 0.25) is 0 Å². The maximum absolute atomic E-state index is 3.88. The molecule has 21 heavy (non-hydrogen) atoms. The molecule has 1 nitrogen and oxygen atoms in total. The molecular weight excluding hydrogens is 270 g/mol. The van der Waals surface area contributed by atoms with Crippen molar-refractivity contribution in [3.05, 3.63) is 64.7 Å². The first kappa shape index (κ1) is 13.3. The monoisotopic (exact) mass is 293 g/mol. The van der Waals surface area contributed by atoms with Gasteiger partial charge in [-0.05, 0) is 35.6 Å². The first-order valence-corrected chi connectivity index (χ1v) is 11.4. The quantitative estimate of drug-likeness (QED) is 0.791. The summed E-state index contributed by atoms with van der Waals surface area (Å²) in [6, 6.07) is 16.7. The van der Waals surface area contributed by atoms with E-state index >= 15 is 0 Å². The van der Waals surface area contributed by atoms with Crippen LogP contribution in [0.2, 0.25) is 19.6 Å². The third-order valence-corrected chi connectivity index (χ3v) is 7.32. The third kappa shape index (κ3) is 1.79. The topological polar surface area (TPSA) is 12.0 Å². The van der Waals surface area contributed by atoms with Gasteiger partial charge in [-0.15, -0.1) is 0 Å². The first-order chi connectivity index (χ1) is 9.89. The molecular formula is C19H23NSi. The largest absolute Gasteiger partial charge is 0.297 e. The maximum atomic E-state index is 3.88. The van der Waals surface area contributed by atoms with Crippen molar-refractivity contribution < 1.29 is 0 Å². The van der Waals surface area contributed by atoms with E-state index in [0.717, 1.165) is 6.42 Å². The van der Waals surface area contributed by atoms with Gasteiger partial charge in [-0.1, -0.05) is 67.3 Å². The Morgan fingerprint density at radius 1 is 1.05 bits per heavy atom. The minimum absolute atomic E-state index is 0.00942. The van der Waals surface area contributed by atoms with Crippen LogP contribution in [0.4, 0.5) is 0 Å². The average molecular weight is 293 g/mol. The van der Waals surface area contributed by atoms with E-state index in [0.29, 0.717) is 6.04 Å². The molecule has 2 aliphatic rings. The maximum Gasteiger partial charge on any atom is 0.0776 e. The summed E-state index contributed by atoms with van der Waals surface area (Å²) >= 11 is 0. The van der Waals surface area contributed by atoms with Crippen LogP contribution in [0.5, 0.6) is 0 Å². The van der Waals surface area contributed by atoms with Gasteiger partial charge in [-0.3, -0.25) is 5.32 Å². The number of hydrogen-bond acceptors (Lipinski definition) is 1. The number of rotatable bonds is 1. The van der Waals surface area contributed by atoms with Crippen LogP contribution in [-0.2, 0) is 12.0 Å². The van der Waals surface area contributed by atoms with Crippen molar-refractivity contribution in [1.29, 1.82) is 0 Å². The van der Waals surface area contributed by atoms with Gasteiger partial charge in [0.25, 0.3) is 0 Å². The fraction of sp³-hybridized carbons (Fsp3) is 0.368. The van der Waals surface area contributed by atoms with Crippen molar-refractivity contribution in [1.82, 2.24) is 5.32 Å². The van der Waals surface area contributed by atoms with Crippen LogP contribution in [0.25, 0.3) is 0 Å². The smallest absolute Gasteiger partial charge is 0.0776 e. The Hall–Kier alpha value is -1.38. The predicted octanol–water partition coefficient (Wildman–Crippen LogP) is 3.70. The Morgan fingerprint density at radius 2 is 1.81 bits per heavy atom. The normalized spacial score (nSPS) is 26.4. The van der Waals surface area contributed by atoms with E-state index in [-0.39, 0.29) is 5.54 Å². The predicted molar refractivity (Wildman–Crippen MR) is 91.9 cm³/mol. The zero-order chi connectivity index (χ0) is 14.8. The number of benzene rings is 2. The third-order valence-electron chi connectivity index (χ3n) is 5.28. The Morgan fingerprint density at radius 3 is 2.57 bits per heavy atom. The second kappa shape index (κ2) is 4.08. The molecule has 2 heteroatoms. The molecule has 0 saturated carbocycles. The first-order valence-electron chi connectivity index (χ1n) is 7.90. The van der Waals surface area contributed by atoms with Gasteiger partial charge < -0.3 is 0 Å². The molecule has 0 spiro atoms. The zero-order valence-electron chi connectivity index (χ0n) is 13.3. The summed E-state index contributed by atoms with van der Waals surface area (Å²) in [5.41, 5.74) is 5.99. The van der Waals surface area contributed by atoms with Crippen molar-refractivity contribution in [2.24, 2.45) is 0 Å². The van der Waals surface area contributed by atoms with Gasteiger partial charge >= 0.3 is 0 Å². The molecule has 108 valence electrons. The molecule has 2 aromatic rings. The standard InChI is InChI=1S/C19H23NSi/c1-19-16-8-6-5-7-13(16)11-18(20-19)15-10-9-14(12-17(15)19)21(2,3)4/h5-10,12,18,20H,11H2,1-4H3/t18-,19+/m0/s1. The van der Waals surface area contributed by atoms with Crippen LogP contribution >= 0.6 is 0 Å². The Labute approximate surface area is 128 Å². The minimum Gasteiger partial charge on any atom is -0.297 e. The van der Waals surface area contributed by atoms with Crippen LogP contribution < -0.4 is 10.5 Å². The lowest BCUT2D eigenvalue weighted by Crippen LogP contribution is -2.42. The molecule has 0 aromatic heterocycles. The Bertz CT molecular complexity index is 729. The minimum atomic E-state index is -1.27. The van der Waals surface area contributed by atoms with Crippen molar-refractivity contribution >= 4 is 13.3 Å². The molecule has 2 aromatic carbocycles. The molecule has 0 amide bonds. The number of nitrogens with one attached hydrogen (secondary N) is 1. The Balaban J connectivity index is 1.96. The van der Waals surface area contributed by atoms with Crippen LogP contribution in [0.1, 0.15) is 35.2 Å². The van der Waals surface area contributed by atoms with Crippen LogP contribution in [0.3, 0.4) is 0 Å². The molecule has 0 unspecified atom stereocenters. The molecule has 2 aliphatic heterocycles. The van der Waals surface area contributed by atoms with Crippen molar-refractivity contribution in [2.75, 3.05) is 0 Å². The molecule has 2 bridgehead atoms. The molecule has 0 radical (unpaired) electrons. The molecule has 0 saturated heterocycles. The fourth-order valence-corrected chi connectivity index (χ4v) is 5.21. The van der Waals surface area contributed by atoms with Crippen LogP contribution in [-0.4, -0.2) is 8.07 Å². The van der Waals surface area contributed by atoms with E-state index in [9.17, 15) is 0 Å². The summed E-state index contributed by atoms with van der Waals surface area (Å²) in [7, 11) is -1.27. The fourth-order valence-electron chi connectivity index (χ4n) is 4.05. The lowest BCUT2D eigenvalue weighted by atomic mass is 9.82. The highest BCUT2D eigenvalue weighted by atomic mass is 28.3. The van der Waals surface area contributed by atoms with Gasteiger partial charge in [-0.25, -0.2) is 0 Å². The van der Waals surface area contributed by atoms with E-state index in [1.54, 1.807) is 5.19 Å². The molecule has 4 rings (SSSR count). The van der Waals surface area contributed by atoms with E-state index in [1.807, 2.05) is 0 Å². The molecule has 0 aliphatic carbocycles. The highest BCUT2D eigenvalue weighted by Gasteiger charge is 2.45. The van der Waals surface area contributed by atoms with Gasteiger partial charge in [0, 0.05) is 6.04 Å². The van der Waals surface area contributed by atoms with E-state index in [1.165, 1.54) is 22.3 Å². The SMILES string of the molecule is C[C@@]12N[C@@H](Cc3ccccc31)c1ccc([Si](C)(C)C)cc12. The highest BCUT2D eigenvalue weighted by molar-refractivity contribution is 6.88. The van der Waals surface area contributed by atoms with E-state index in [2.05, 4.69) is 74.3 Å². The van der Waals surface area contributed by atoms with Crippen LogP contribution in [0, 0.1) is 0 Å². The van der Waals surface area contributed by atoms with Crippen molar-refractivity contribution in [2.45, 2.75) is 44.6 Å². The summed E-state index contributed by atoms with van der Waals surface area (Å²) in [6.45, 7) is 9.65. The molecule has 2 atom stereocenters. The average Bonchev–Trinajstić information content (AvgIpc) is 2.67. The van der Waals surface area contributed by atoms with Gasteiger partial charge in [0.05, 0.1) is 13.6 Å². The number of hydrogen-bond donors (Lipinski definition) is 1. The van der Waals surface area contributed by atoms with Crippen molar-refractivity contribution in [3.63, 3.8) is 0 Å². The number of fused-ring (bicyclic) bond motifs is 7. The lowest BCUT2D eigenvalue weighted by Gasteiger charge is -2.34. The zero-order valence-corrected chi connectivity index (χ0v) is 14.3. The summed E-state index contributed by atoms with van der Waals surface area (Å²) in [5.74, 6) is 0. The van der Waals surface area contributed by atoms with E-state index < -0.39 is 8.07 Å².